The predicted molar refractivity (Wildman–Crippen MR) is 80.9 cm³/mol. The maximum Gasteiger partial charge on any atom is 0.230 e. The number of hydrogen-bond acceptors (Lipinski definition) is 2. The van der Waals surface area contributed by atoms with Crippen molar-refractivity contribution in [2.75, 3.05) is 0 Å². The first kappa shape index (κ1) is 15.3. The van der Waals surface area contributed by atoms with E-state index in [1.165, 1.54) is 0 Å². The number of hydrogen-bond donors (Lipinski definition) is 2. The number of rotatable bonds is 3. The third-order valence-corrected chi connectivity index (χ3v) is 4.43. The molecule has 4 heteroatoms. The molecule has 3 nitrogen and oxygen atoms in total. The van der Waals surface area contributed by atoms with E-state index >= 15 is 0 Å². The smallest absolute Gasteiger partial charge is 0.230 e. The van der Waals surface area contributed by atoms with Gasteiger partial charge in [0.1, 0.15) is 0 Å². The van der Waals surface area contributed by atoms with E-state index in [0.29, 0.717) is 5.02 Å². The van der Waals surface area contributed by atoms with Gasteiger partial charge in [0, 0.05) is 5.02 Å². The molecule has 2 rings (SSSR count). The van der Waals surface area contributed by atoms with Crippen LogP contribution in [-0.2, 0) is 10.2 Å². The molecule has 1 aliphatic rings. The van der Waals surface area contributed by atoms with Crippen molar-refractivity contribution in [3.63, 3.8) is 0 Å². The Labute approximate surface area is 125 Å². The zero-order chi connectivity index (χ0) is 14.8. The SMILES string of the molecule is CC(C)(C(=O)NC1CCCCC1O)c1ccc(Cl)cc1. The minimum atomic E-state index is -0.637. The lowest BCUT2D eigenvalue weighted by Gasteiger charge is -2.32. The van der Waals surface area contributed by atoms with Gasteiger partial charge in [-0.3, -0.25) is 4.79 Å². The highest BCUT2D eigenvalue weighted by Crippen LogP contribution is 2.26. The monoisotopic (exact) mass is 295 g/mol. The Kier molecular flexibility index (Phi) is 4.71. The molecular weight excluding hydrogens is 274 g/mol. The Morgan fingerprint density at radius 1 is 1.25 bits per heavy atom. The Morgan fingerprint density at radius 3 is 2.45 bits per heavy atom. The fraction of sp³-hybridized carbons (Fsp3) is 0.562. The van der Waals surface area contributed by atoms with Gasteiger partial charge in [0.15, 0.2) is 0 Å². The topological polar surface area (TPSA) is 49.3 Å². The molecule has 1 aliphatic carbocycles. The third kappa shape index (κ3) is 3.33. The Bertz CT molecular complexity index is 470. The number of aliphatic hydroxyl groups is 1. The zero-order valence-electron chi connectivity index (χ0n) is 12.0. The van der Waals surface area contributed by atoms with Crippen molar-refractivity contribution in [1.82, 2.24) is 5.32 Å². The summed E-state index contributed by atoms with van der Waals surface area (Å²) in [7, 11) is 0. The molecule has 110 valence electrons. The van der Waals surface area contributed by atoms with E-state index < -0.39 is 11.5 Å². The van der Waals surface area contributed by atoms with Gasteiger partial charge in [-0.15, -0.1) is 0 Å². The molecule has 2 unspecified atom stereocenters. The van der Waals surface area contributed by atoms with Crippen LogP contribution in [-0.4, -0.2) is 23.2 Å². The van der Waals surface area contributed by atoms with Crippen LogP contribution in [0.1, 0.15) is 45.1 Å². The second-order valence-electron chi connectivity index (χ2n) is 6.06. The minimum Gasteiger partial charge on any atom is -0.391 e. The van der Waals surface area contributed by atoms with E-state index in [4.69, 9.17) is 11.6 Å². The summed E-state index contributed by atoms with van der Waals surface area (Å²) < 4.78 is 0. The van der Waals surface area contributed by atoms with Crippen molar-refractivity contribution in [3.05, 3.63) is 34.9 Å². The summed E-state index contributed by atoms with van der Waals surface area (Å²) >= 11 is 5.88. The molecule has 20 heavy (non-hydrogen) atoms. The van der Waals surface area contributed by atoms with E-state index in [1.807, 2.05) is 26.0 Å². The van der Waals surface area contributed by atoms with Crippen molar-refractivity contribution >= 4 is 17.5 Å². The van der Waals surface area contributed by atoms with Gasteiger partial charge in [0.25, 0.3) is 0 Å². The van der Waals surface area contributed by atoms with E-state index in [0.717, 1.165) is 31.2 Å². The van der Waals surface area contributed by atoms with Crippen molar-refractivity contribution in [2.45, 2.75) is 57.1 Å². The molecule has 1 aromatic carbocycles. The Morgan fingerprint density at radius 2 is 1.85 bits per heavy atom. The molecule has 0 saturated heterocycles. The first-order valence-electron chi connectivity index (χ1n) is 7.16. The van der Waals surface area contributed by atoms with Crippen molar-refractivity contribution in [3.8, 4) is 0 Å². The molecule has 0 aliphatic heterocycles. The molecule has 1 saturated carbocycles. The highest BCUT2D eigenvalue weighted by molar-refractivity contribution is 6.30. The number of carbonyl (C=O) groups is 1. The van der Waals surface area contributed by atoms with Gasteiger partial charge in [0.05, 0.1) is 17.6 Å². The second kappa shape index (κ2) is 6.15. The van der Waals surface area contributed by atoms with Crippen LogP contribution < -0.4 is 5.32 Å². The fourth-order valence-electron chi connectivity index (χ4n) is 2.63. The summed E-state index contributed by atoms with van der Waals surface area (Å²) in [5.74, 6) is -0.0502. The number of aliphatic hydroxyl groups excluding tert-OH is 1. The Hall–Kier alpha value is -1.06. The lowest BCUT2D eigenvalue weighted by atomic mass is 9.82. The third-order valence-electron chi connectivity index (χ3n) is 4.18. The molecule has 0 heterocycles. The quantitative estimate of drug-likeness (QED) is 0.900. The average Bonchev–Trinajstić information content (AvgIpc) is 2.41. The number of halogens is 1. The number of amides is 1. The van der Waals surface area contributed by atoms with Crippen LogP contribution in [0.5, 0.6) is 0 Å². The minimum absolute atomic E-state index is 0.0502. The molecule has 0 radical (unpaired) electrons. The maximum absolute atomic E-state index is 12.5. The highest BCUT2D eigenvalue weighted by atomic mass is 35.5. The average molecular weight is 296 g/mol. The number of nitrogens with one attached hydrogen (secondary N) is 1. The summed E-state index contributed by atoms with van der Waals surface area (Å²) in [5.41, 5.74) is 0.284. The van der Waals surface area contributed by atoms with Gasteiger partial charge in [0.2, 0.25) is 5.91 Å². The summed E-state index contributed by atoms with van der Waals surface area (Å²) in [6.07, 6.45) is 3.29. The van der Waals surface area contributed by atoms with Crippen LogP contribution >= 0.6 is 11.6 Å². The van der Waals surface area contributed by atoms with Crippen molar-refractivity contribution in [2.24, 2.45) is 0 Å². The van der Waals surface area contributed by atoms with Crippen LogP contribution in [0.25, 0.3) is 0 Å². The molecular formula is C16H22ClNO2. The van der Waals surface area contributed by atoms with Gasteiger partial charge < -0.3 is 10.4 Å². The molecule has 0 aromatic heterocycles. The number of carbonyl (C=O) groups excluding carboxylic acids is 1. The summed E-state index contributed by atoms with van der Waals surface area (Å²) in [5, 5.41) is 13.6. The number of benzene rings is 1. The van der Waals surface area contributed by atoms with Crippen molar-refractivity contribution < 1.29 is 9.90 Å². The largest absolute Gasteiger partial charge is 0.391 e. The van der Waals surface area contributed by atoms with Gasteiger partial charge >= 0.3 is 0 Å². The molecule has 1 aromatic rings. The van der Waals surface area contributed by atoms with E-state index in [9.17, 15) is 9.90 Å². The fourth-order valence-corrected chi connectivity index (χ4v) is 2.75. The van der Waals surface area contributed by atoms with Crippen LogP contribution in [0.15, 0.2) is 24.3 Å². The van der Waals surface area contributed by atoms with Crippen molar-refractivity contribution in [1.29, 1.82) is 0 Å². The van der Waals surface area contributed by atoms with E-state index in [1.54, 1.807) is 12.1 Å². The molecule has 0 spiro atoms. The normalized spacial score (nSPS) is 23.4. The Balaban J connectivity index is 2.08. The summed E-state index contributed by atoms with van der Waals surface area (Å²) in [6, 6.07) is 7.21. The van der Waals surface area contributed by atoms with E-state index in [2.05, 4.69) is 5.32 Å². The first-order valence-corrected chi connectivity index (χ1v) is 7.54. The van der Waals surface area contributed by atoms with Crippen LogP contribution in [0.4, 0.5) is 0 Å². The first-order chi connectivity index (χ1) is 9.41. The highest BCUT2D eigenvalue weighted by Gasteiger charge is 2.33. The molecule has 2 atom stereocenters. The molecule has 1 amide bonds. The van der Waals surface area contributed by atoms with Crippen LogP contribution in [0, 0.1) is 0 Å². The van der Waals surface area contributed by atoms with Gasteiger partial charge in [-0.05, 0) is 44.4 Å². The van der Waals surface area contributed by atoms with Gasteiger partial charge in [-0.1, -0.05) is 36.6 Å². The van der Waals surface area contributed by atoms with E-state index in [-0.39, 0.29) is 11.9 Å². The van der Waals surface area contributed by atoms with Gasteiger partial charge in [-0.25, -0.2) is 0 Å². The lowest BCUT2D eigenvalue weighted by molar-refractivity contribution is -0.127. The molecule has 0 bridgehead atoms. The zero-order valence-corrected chi connectivity index (χ0v) is 12.8. The van der Waals surface area contributed by atoms with Crippen LogP contribution in [0.2, 0.25) is 5.02 Å². The van der Waals surface area contributed by atoms with Gasteiger partial charge in [-0.2, -0.15) is 0 Å². The molecule has 1 fully saturated rings. The van der Waals surface area contributed by atoms with Crippen LogP contribution in [0.3, 0.4) is 0 Å². The lowest BCUT2D eigenvalue weighted by Crippen LogP contribution is -2.50. The standard InChI is InChI=1S/C16H22ClNO2/c1-16(2,11-7-9-12(17)10-8-11)15(20)18-13-5-3-4-6-14(13)19/h7-10,13-14,19H,3-6H2,1-2H3,(H,18,20). The molecule has 2 N–H and O–H groups in total. The summed E-state index contributed by atoms with van der Waals surface area (Å²) in [6.45, 7) is 3.78. The predicted octanol–water partition coefficient (Wildman–Crippen LogP) is 3.04. The maximum atomic E-state index is 12.5. The second-order valence-corrected chi connectivity index (χ2v) is 6.50. The summed E-state index contributed by atoms with van der Waals surface area (Å²) in [4.78, 5) is 12.5.